The van der Waals surface area contributed by atoms with E-state index in [4.69, 9.17) is 0 Å². The van der Waals surface area contributed by atoms with E-state index < -0.39 is 86.3 Å². The van der Waals surface area contributed by atoms with Crippen LogP contribution in [0.15, 0.2) is 34.8 Å². The van der Waals surface area contributed by atoms with Crippen LogP contribution in [-0.4, -0.2) is 28.7 Å². The highest BCUT2D eigenvalue weighted by molar-refractivity contribution is 9.10. The molecule has 43 heavy (non-hydrogen) atoms. The molecule has 230 valence electrons. The maximum absolute atomic E-state index is 14.8. The van der Waals surface area contributed by atoms with Crippen molar-refractivity contribution in [1.82, 2.24) is 20.1 Å². The Labute approximate surface area is 251 Å². The zero-order valence-corrected chi connectivity index (χ0v) is 25.6. The second-order valence-electron chi connectivity index (χ2n) is 11.1. The normalized spacial score (nSPS) is 16.3. The van der Waals surface area contributed by atoms with E-state index in [1.54, 1.807) is 12.1 Å². The smallest absolute Gasteiger partial charge is 0.290 e. The number of fused-ring (bicyclic) bond motifs is 1. The third-order valence-electron chi connectivity index (χ3n) is 6.41. The molecule has 3 aromatic rings. The topological polar surface area (TPSA) is 59.8 Å². The summed E-state index contributed by atoms with van der Waals surface area (Å²) in [5.74, 6) is -7.88. The first-order valence-corrected chi connectivity index (χ1v) is 17.2. The minimum absolute atomic E-state index is 0.0951. The van der Waals surface area contributed by atoms with E-state index in [1.807, 2.05) is 19.6 Å². The summed E-state index contributed by atoms with van der Waals surface area (Å²) in [5.41, 5.74) is -0.869. The van der Waals surface area contributed by atoms with E-state index in [0.29, 0.717) is 16.2 Å². The Kier molecular flexibility index (Phi) is 9.14. The minimum atomic E-state index is -4.01. The molecular weight excluding hydrogens is 668 g/mol. The molecule has 0 radical (unpaired) electrons. The Morgan fingerprint density at radius 2 is 1.67 bits per heavy atom. The highest BCUT2D eigenvalue weighted by Gasteiger charge is 2.55. The first-order chi connectivity index (χ1) is 19.9. The van der Waals surface area contributed by atoms with E-state index in [0.717, 1.165) is 12.1 Å². The molecule has 5 nitrogen and oxygen atoms in total. The number of carbonyl (C=O) groups is 1. The van der Waals surface area contributed by atoms with Crippen LogP contribution in [0.2, 0.25) is 19.6 Å². The summed E-state index contributed by atoms with van der Waals surface area (Å²) in [6.45, 7) is 4.90. The molecule has 0 aliphatic heterocycles. The van der Waals surface area contributed by atoms with Crippen LogP contribution in [0.3, 0.4) is 0 Å². The number of halogens is 9. The van der Waals surface area contributed by atoms with Crippen LogP contribution in [0.5, 0.6) is 0 Å². The number of pyridine rings is 1. The largest absolute Gasteiger partial charge is 0.346 e. The predicted octanol–water partition coefficient (Wildman–Crippen LogP) is 7.56. The van der Waals surface area contributed by atoms with Gasteiger partial charge in [-0.15, -0.1) is 5.54 Å². The summed E-state index contributed by atoms with van der Waals surface area (Å²) in [7, 11) is -1.83. The molecule has 0 fully saturated rings. The molecule has 1 unspecified atom stereocenters. The average molecular weight is 694 g/mol. The Hall–Kier alpha value is -3.25. The van der Waals surface area contributed by atoms with Crippen LogP contribution in [-0.2, 0) is 29.6 Å². The molecule has 2 heterocycles. The predicted molar refractivity (Wildman–Crippen MR) is 147 cm³/mol. The van der Waals surface area contributed by atoms with Crippen molar-refractivity contribution in [3.05, 3.63) is 80.3 Å². The fraction of sp³-hybridized carbons (Fsp3) is 0.393. The highest BCUT2D eigenvalue weighted by atomic mass is 79.9. The molecule has 0 bridgehead atoms. The number of amides is 1. The summed E-state index contributed by atoms with van der Waals surface area (Å²) in [6.07, 6.45) is -6.55. The average Bonchev–Trinajstić information content (AvgIpc) is 3.27. The number of carbonyl (C=O) groups excluding carboxylic acids is 1. The molecule has 0 saturated carbocycles. The molecule has 15 heteroatoms. The number of nitrogens with zero attached hydrogens (tertiary/aromatic N) is 3. The molecular formula is C28H25BrF8N4OSi. The second kappa shape index (κ2) is 12.0. The lowest BCUT2D eigenvalue weighted by Gasteiger charge is -2.29. The number of hydrogen-bond donors (Lipinski definition) is 1. The third kappa shape index (κ3) is 7.64. The Morgan fingerprint density at radius 3 is 2.28 bits per heavy atom. The van der Waals surface area contributed by atoms with Crippen molar-refractivity contribution in [2.24, 2.45) is 0 Å². The van der Waals surface area contributed by atoms with E-state index in [9.17, 15) is 39.9 Å². The van der Waals surface area contributed by atoms with Crippen molar-refractivity contribution in [2.45, 2.75) is 69.8 Å². The monoisotopic (exact) mass is 692 g/mol. The van der Waals surface area contributed by atoms with Crippen LogP contribution in [0, 0.1) is 23.1 Å². The Morgan fingerprint density at radius 1 is 1.05 bits per heavy atom. The number of alkyl halides is 6. The molecule has 2 aromatic heterocycles. The maximum Gasteiger partial charge on any atom is 0.290 e. The molecule has 1 aliphatic rings. The summed E-state index contributed by atoms with van der Waals surface area (Å²) < 4.78 is 114. The lowest BCUT2D eigenvalue weighted by Crippen LogP contribution is -2.37. The molecule has 1 atom stereocenters. The summed E-state index contributed by atoms with van der Waals surface area (Å²) in [5, 5.41) is 5.80. The van der Waals surface area contributed by atoms with Crippen molar-refractivity contribution >= 4 is 29.9 Å². The standard InChI is InChI=1S/C28H25BrF8N4OSi/c1-43(2,3)9-6-18-4-5-19(29)23(38-18)20(12-15-10-16(30)13-17(31)11-15)39-21(42)14-41-25-22(24(40-41)26(32)33)27(34,35)7-8-28(25,36)37/h4-5,10-11,13,20,26H,7-8,12,14H2,1-3H3,(H,39,42). The maximum atomic E-state index is 14.8. The van der Waals surface area contributed by atoms with Gasteiger partial charge in [0.15, 0.2) is 0 Å². The fourth-order valence-electron chi connectivity index (χ4n) is 4.62. The lowest BCUT2D eigenvalue weighted by molar-refractivity contribution is -0.123. The van der Waals surface area contributed by atoms with Gasteiger partial charge in [-0.1, -0.05) is 25.6 Å². The molecule has 1 aromatic carbocycles. The molecule has 1 N–H and O–H groups in total. The van der Waals surface area contributed by atoms with Crippen molar-refractivity contribution in [2.75, 3.05) is 0 Å². The van der Waals surface area contributed by atoms with Crippen molar-refractivity contribution < 1.29 is 39.9 Å². The molecule has 4 rings (SSSR count). The minimum Gasteiger partial charge on any atom is -0.346 e. The van der Waals surface area contributed by atoms with Crippen LogP contribution in [0.1, 0.15) is 59.2 Å². The molecule has 0 saturated heterocycles. The quantitative estimate of drug-likeness (QED) is 0.158. The van der Waals surface area contributed by atoms with Gasteiger partial charge in [-0.25, -0.2) is 31.3 Å². The third-order valence-corrected chi connectivity index (χ3v) is 7.96. The van der Waals surface area contributed by atoms with Gasteiger partial charge in [0.2, 0.25) is 5.91 Å². The number of nitrogens with one attached hydrogen (secondary N) is 1. The van der Waals surface area contributed by atoms with Crippen molar-refractivity contribution in [3.8, 4) is 11.5 Å². The van der Waals surface area contributed by atoms with Gasteiger partial charge in [0.25, 0.3) is 18.3 Å². The first kappa shape index (κ1) is 32.7. The van der Waals surface area contributed by atoms with Crippen molar-refractivity contribution in [3.63, 3.8) is 0 Å². The number of rotatable bonds is 7. The van der Waals surface area contributed by atoms with Gasteiger partial charge >= 0.3 is 0 Å². The van der Waals surface area contributed by atoms with Gasteiger partial charge in [-0.05, 0) is 52.2 Å². The SMILES string of the molecule is C[Si](C)(C)C#Cc1ccc(Br)c(C(Cc2cc(F)cc(F)c2)NC(=O)Cn2nc(C(F)F)c3c2C(F)(F)CCC3(F)F)n1. The van der Waals surface area contributed by atoms with Crippen LogP contribution in [0.25, 0.3) is 0 Å². The summed E-state index contributed by atoms with van der Waals surface area (Å²) >= 11 is 3.33. The fourth-order valence-corrected chi connectivity index (χ4v) is 5.62. The number of benzene rings is 1. The Bertz CT molecular complexity index is 1590. The molecule has 0 spiro atoms. The van der Waals surface area contributed by atoms with E-state index in [2.05, 4.69) is 42.8 Å². The second-order valence-corrected chi connectivity index (χ2v) is 16.7. The van der Waals surface area contributed by atoms with Gasteiger partial charge < -0.3 is 5.32 Å². The highest BCUT2D eigenvalue weighted by Crippen LogP contribution is 2.52. The number of hydrogen-bond acceptors (Lipinski definition) is 3. The Balaban J connectivity index is 1.74. The molecule has 1 aliphatic carbocycles. The molecule has 1 amide bonds. The van der Waals surface area contributed by atoms with Gasteiger partial charge in [-0.2, -0.15) is 13.9 Å². The van der Waals surface area contributed by atoms with Crippen LogP contribution < -0.4 is 5.32 Å². The lowest BCUT2D eigenvalue weighted by atomic mass is 9.89. The van der Waals surface area contributed by atoms with E-state index in [1.165, 1.54) is 0 Å². The first-order valence-electron chi connectivity index (χ1n) is 13.0. The zero-order valence-electron chi connectivity index (χ0n) is 23.0. The number of aromatic nitrogens is 3. The van der Waals surface area contributed by atoms with Gasteiger partial charge in [0, 0.05) is 23.4 Å². The van der Waals surface area contributed by atoms with E-state index in [-0.39, 0.29) is 22.4 Å². The van der Waals surface area contributed by atoms with Crippen LogP contribution >= 0.6 is 15.9 Å². The van der Waals surface area contributed by atoms with Gasteiger partial charge in [-0.3, -0.25) is 9.48 Å². The van der Waals surface area contributed by atoms with Crippen molar-refractivity contribution in [1.29, 1.82) is 0 Å². The van der Waals surface area contributed by atoms with Crippen LogP contribution in [0.4, 0.5) is 35.1 Å². The zero-order chi connectivity index (χ0) is 31.9. The van der Waals surface area contributed by atoms with Gasteiger partial charge in [0.1, 0.15) is 43.3 Å². The van der Waals surface area contributed by atoms with Gasteiger partial charge in [0.05, 0.1) is 17.3 Å². The van der Waals surface area contributed by atoms with E-state index >= 15 is 0 Å². The summed E-state index contributed by atoms with van der Waals surface area (Å²) in [4.78, 5) is 17.7. The summed E-state index contributed by atoms with van der Waals surface area (Å²) in [6, 6.07) is 4.72.